The lowest BCUT2D eigenvalue weighted by Crippen LogP contribution is -2.23. The van der Waals surface area contributed by atoms with Crippen LogP contribution in [0.25, 0.3) is 0 Å². The fraction of sp³-hybridized carbons (Fsp3) is 0.154. The summed E-state index contributed by atoms with van der Waals surface area (Å²) in [4.78, 5) is 6.31. The lowest BCUT2D eigenvalue weighted by atomic mass is 10.2. The highest BCUT2D eigenvalue weighted by Gasteiger charge is 2.16. The van der Waals surface area contributed by atoms with Crippen LogP contribution in [-0.2, 0) is 16.6 Å². The molecule has 0 saturated carbocycles. The summed E-state index contributed by atoms with van der Waals surface area (Å²) >= 11 is 0. The summed E-state index contributed by atoms with van der Waals surface area (Å²) in [6.07, 6.45) is 2.91. The molecule has 0 aliphatic carbocycles. The Kier molecular flexibility index (Phi) is 4.70. The topological polar surface area (TPSA) is 95.1 Å². The van der Waals surface area contributed by atoms with Crippen LogP contribution in [0.4, 0.5) is 4.39 Å². The second-order valence-corrected chi connectivity index (χ2v) is 5.77. The Morgan fingerprint density at radius 1 is 1.43 bits per heavy atom. The molecule has 110 valence electrons. The lowest BCUT2D eigenvalue weighted by molar-refractivity contribution is 0.350. The van der Waals surface area contributed by atoms with E-state index in [0.717, 1.165) is 6.07 Å². The number of nitrogens with zero attached hydrogens (tertiary/aromatic N) is 1. The van der Waals surface area contributed by atoms with E-state index < -0.39 is 22.4 Å². The number of nitrogens with one attached hydrogen (secondary N) is 2. The molecule has 21 heavy (non-hydrogen) atoms. The van der Waals surface area contributed by atoms with Crippen molar-refractivity contribution in [3.8, 4) is 11.8 Å². The molecule has 0 bridgehead atoms. The number of imidazole rings is 1. The molecule has 0 aliphatic heterocycles. The van der Waals surface area contributed by atoms with Crippen LogP contribution in [0.2, 0.25) is 0 Å². The highest BCUT2D eigenvalue weighted by Crippen LogP contribution is 2.14. The third-order valence-corrected chi connectivity index (χ3v) is 3.96. The molecule has 1 heterocycles. The highest BCUT2D eigenvalue weighted by atomic mass is 32.2. The van der Waals surface area contributed by atoms with Crippen molar-refractivity contribution >= 4 is 10.0 Å². The van der Waals surface area contributed by atoms with E-state index in [0.29, 0.717) is 5.69 Å². The standard InChI is InChI=1S/C13H12FN3O3S/c14-13-6-12(4-3-10(13)2-1-5-18)21(19,20)17-8-11-7-15-9-16-11/h3-4,6-7,9,17-18H,5,8H2,(H,15,16). The number of benzene rings is 1. The number of aliphatic hydroxyl groups is 1. The first-order valence-electron chi connectivity index (χ1n) is 5.89. The molecule has 1 aromatic heterocycles. The number of aromatic nitrogens is 2. The predicted molar refractivity (Wildman–Crippen MR) is 73.0 cm³/mol. The van der Waals surface area contributed by atoms with Crippen LogP contribution in [0.15, 0.2) is 35.6 Å². The number of aliphatic hydroxyl groups excluding tert-OH is 1. The van der Waals surface area contributed by atoms with Crippen LogP contribution in [0.5, 0.6) is 0 Å². The summed E-state index contributed by atoms with van der Waals surface area (Å²) < 4.78 is 40.1. The summed E-state index contributed by atoms with van der Waals surface area (Å²) in [6, 6.07) is 3.39. The Balaban J connectivity index is 2.18. The van der Waals surface area contributed by atoms with E-state index in [1.165, 1.54) is 24.7 Å². The third-order valence-electron chi connectivity index (χ3n) is 2.56. The first-order valence-corrected chi connectivity index (χ1v) is 7.37. The number of rotatable bonds is 4. The maximum atomic E-state index is 13.7. The van der Waals surface area contributed by atoms with E-state index in [9.17, 15) is 12.8 Å². The van der Waals surface area contributed by atoms with Crippen molar-refractivity contribution in [3.63, 3.8) is 0 Å². The van der Waals surface area contributed by atoms with Crippen molar-refractivity contribution < 1.29 is 17.9 Å². The number of H-pyrrole nitrogens is 1. The Hall–Kier alpha value is -2.21. The van der Waals surface area contributed by atoms with Crippen molar-refractivity contribution in [3.05, 3.63) is 47.8 Å². The Bertz CT molecular complexity index is 777. The number of hydrogen-bond acceptors (Lipinski definition) is 4. The minimum Gasteiger partial charge on any atom is -0.384 e. The van der Waals surface area contributed by atoms with Gasteiger partial charge in [0, 0.05) is 11.9 Å². The molecule has 1 aromatic carbocycles. The summed E-state index contributed by atoms with van der Waals surface area (Å²) in [5, 5.41) is 8.55. The summed E-state index contributed by atoms with van der Waals surface area (Å²) in [5.74, 6) is 3.93. The van der Waals surface area contributed by atoms with Crippen molar-refractivity contribution in [2.75, 3.05) is 6.61 Å². The monoisotopic (exact) mass is 309 g/mol. The van der Waals surface area contributed by atoms with E-state index >= 15 is 0 Å². The molecule has 0 spiro atoms. The third kappa shape index (κ3) is 3.88. The minimum absolute atomic E-state index is 0.0238. The Morgan fingerprint density at radius 2 is 2.24 bits per heavy atom. The normalized spacial score (nSPS) is 11.0. The summed E-state index contributed by atoms with van der Waals surface area (Å²) in [5.41, 5.74) is 0.612. The van der Waals surface area contributed by atoms with Crippen molar-refractivity contribution in [2.24, 2.45) is 0 Å². The van der Waals surface area contributed by atoms with Gasteiger partial charge in [0.1, 0.15) is 12.4 Å². The van der Waals surface area contributed by atoms with Gasteiger partial charge >= 0.3 is 0 Å². The fourth-order valence-electron chi connectivity index (χ4n) is 1.54. The molecule has 0 aliphatic rings. The lowest BCUT2D eigenvalue weighted by Gasteiger charge is -2.06. The molecule has 3 N–H and O–H groups in total. The largest absolute Gasteiger partial charge is 0.384 e. The van der Waals surface area contributed by atoms with Gasteiger partial charge < -0.3 is 10.1 Å². The average Bonchev–Trinajstić information content (AvgIpc) is 2.97. The number of halogens is 1. The number of hydrogen-bond donors (Lipinski definition) is 3. The first-order chi connectivity index (χ1) is 10.0. The van der Waals surface area contributed by atoms with Gasteiger partial charge in [-0.15, -0.1) is 0 Å². The maximum Gasteiger partial charge on any atom is 0.241 e. The molecule has 0 fully saturated rings. The zero-order chi connectivity index (χ0) is 15.3. The molecular weight excluding hydrogens is 297 g/mol. The first kappa shape index (κ1) is 15.2. The van der Waals surface area contributed by atoms with Gasteiger partial charge in [0.05, 0.1) is 23.3 Å². The van der Waals surface area contributed by atoms with E-state index in [2.05, 4.69) is 26.5 Å². The Morgan fingerprint density at radius 3 is 2.86 bits per heavy atom. The van der Waals surface area contributed by atoms with Gasteiger partial charge in [-0.1, -0.05) is 11.8 Å². The zero-order valence-electron chi connectivity index (χ0n) is 10.8. The molecule has 2 aromatic rings. The van der Waals surface area contributed by atoms with Crippen LogP contribution in [0, 0.1) is 17.7 Å². The SMILES string of the molecule is O=S(=O)(NCc1cnc[nH]1)c1ccc(C#CCO)c(F)c1. The molecule has 0 unspecified atom stereocenters. The van der Waals surface area contributed by atoms with E-state index in [4.69, 9.17) is 5.11 Å². The van der Waals surface area contributed by atoms with Gasteiger partial charge in [0.15, 0.2) is 0 Å². The smallest absolute Gasteiger partial charge is 0.241 e. The number of aromatic amines is 1. The quantitative estimate of drug-likeness (QED) is 0.711. The molecular formula is C13H12FN3O3S. The van der Waals surface area contributed by atoms with E-state index in [-0.39, 0.29) is 17.0 Å². The van der Waals surface area contributed by atoms with Crippen LogP contribution in [0.1, 0.15) is 11.3 Å². The van der Waals surface area contributed by atoms with Crippen LogP contribution < -0.4 is 4.72 Å². The van der Waals surface area contributed by atoms with E-state index in [1.807, 2.05) is 0 Å². The van der Waals surface area contributed by atoms with E-state index in [1.54, 1.807) is 0 Å². The molecule has 0 saturated heterocycles. The van der Waals surface area contributed by atoms with Gasteiger partial charge in [0.2, 0.25) is 10.0 Å². The predicted octanol–water partition coefficient (Wildman–Crippen LogP) is 0.371. The molecule has 0 radical (unpaired) electrons. The molecule has 8 heteroatoms. The van der Waals surface area contributed by atoms with Gasteiger partial charge in [-0.3, -0.25) is 0 Å². The molecule has 2 rings (SSSR count). The van der Waals surface area contributed by atoms with Crippen LogP contribution >= 0.6 is 0 Å². The van der Waals surface area contributed by atoms with Gasteiger partial charge in [-0.2, -0.15) is 0 Å². The average molecular weight is 309 g/mol. The molecule has 0 atom stereocenters. The number of sulfonamides is 1. The molecule has 6 nitrogen and oxygen atoms in total. The Labute approximate surface area is 121 Å². The van der Waals surface area contributed by atoms with Gasteiger partial charge in [0.25, 0.3) is 0 Å². The summed E-state index contributed by atoms with van der Waals surface area (Å²) in [7, 11) is -3.83. The van der Waals surface area contributed by atoms with Crippen LogP contribution in [0.3, 0.4) is 0 Å². The highest BCUT2D eigenvalue weighted by molar-refractivity contribution is 7.89. The zero-order valence-corrected chi connectivity index (χ0v) is 11.6. The second kappa shape index (κ2) is 6.49. The second-order valence-electron chi connectivity index (χ2n) is 4.00. The minimum atomic E-state index is -3.83. The van der Waals surface area contributed by atoms with Gasteiger partial charge in [-0.25, -0.2) is 22.5 Å². The summed E-state index contributed by atoms with van der Waals surface area (Å²) in [6.45, 7) is -0.374. The molecule has 0 amide bonds. The fourth-order valence-corrected chi connectivity index (χ4v) is 2.55. The van der Waals surface area contributed by atoms with Crippen LogP contribution in [-0.4, -0.2) is 30.1 Å². The van der Waals surface area contributed by atoms with Gasteiger partial charge in [-0.05, 0) is 18.2 Å². The van der Waals surface area contributed by atoms with Crippen molar-refractivity contribution in [1.82, 2.24) is 14.7 Å². The maximum absolute atomic E-state index is 13.7. The van der Waals surface area contributed by atoms with Crippen molar-refractivity contribution in [2.45, 2.75) is 11.4 Å². The van der Waals surface area contributed by atoms with Crippen molar-refractivity contribution in [1.29, 1.82) is 0 Å².